The molecular formula is C20H23N5O2. The van der Waals surface area contributed by atoms with E-state index in [4.69, 9.17) is 0 Å². The van der Waals surface area contributed by atoms with E-state index in [1.807, 2.05) is 47.6 Å². The second-order valence-electron chi connectivity index (χ2n) is 6.84. The minimum Gasteiger partial charge on any atom is -0.337 e. The van der Waals surface area contributed by atoms with Gasteiger partial charge in [0.1, 0.15) is 11.5 Å². The third kappa shape index (κ3) is 3.32. The fourth-order valence-electron chi connectivity index (χ4n) is 3.76. The van der Waals surface area contributed by atoms with Gasteiger partial charge in [0.15, 0.2) is 0 Å². The molecule has 3 heterocycles. The van der Waals surface area contributed by atoms with E-state index in [0.29, 0.717) is 24.5 Å². The molecule has 140 valence electrons. The average Bonchev–Trinajstić information content (AvgIpc) is 3.34. The van der Waals surface area contributed by atoms with Crippen LogP contribution in [-0.4, -0.2) is 43.2 Å². The number of nitrogens with one attached hydrogen (secondary N) is 1. The summed E-state index contributed by atoms with van der Waals surface area (Å²) < 4.78 is 3.53. The number of aryl methyl sites for hydroxylation is 1. The van der Waals surface area contributed by atoms with Gasteiger partial charge in [0.25, 0.3) is 11.5 Å². The Morgan fingerprint density at radius 3 is 2.89 bits per heavy atom. The van der Waals surface area contributed by atoms with Crippen LogP contribution in [0.25, 0.3) is 5.69 Å². The summed E-state index contributed by atoms with van der Waals surface area (Å²) in [5, 5.41) is 2.96. The zero-order valence-electron chi connectivity index (χ0n) is 15.3. The van der Waals surface area contributed by atoms with E-state index in [0.717, 1.165) is 25.2 Å². The van der Waals surface area contributed by atoms with Crippen LogP contribution >= 0.6 is 0 Å². The molecule has 1 atom stereocenters. The first-order chi connectivity index (χ1) is 13.2. The fraction of sp³-hybridized carbons (Fsp3) is 0.350. The first-order valence-corrected chi connectivity index (χ1v) is 9.35. The van der Waals surface area contributed by atoms with E-state index in [1.165, 1.54) is 10.7 Å². The highest BCUT2D eigenvalue weighted by molar-refractivity contribution is 5.92. The Bertz CT molecular complexity index is 985. The number of aromatic nitrogens is 4. The van der Waals surface area contributed by atoms with Crippen molar-refractivity contribution in [1.82, 2.24) is 24.2 Å². The van der Waals surface area contributed by atoms with Crippen LogP contribution < -0.4 is 5.56 Å². The third-order valence-corrected chi connectivity index (χ3v) is 5.13. The van der Waals surface area contributed by atoms with Gasteiger partial charge in [-0.05, 0) is 31.9 Å². The molecule has 0 spiro atoms. The SMILES string of the molecule is CCn1ccnc1[C@H]1CCCN(C(=O)c2cc(=O)n(-c3ccccc3)[nH]2)C1. The average molecular weight is 365 g/mol. The zero-order chi connectivity index (χ0) is 18.8. The number of imidazole rings is 1. The van der Waals surface area contributed by atoms with Gasteiger partial charge in [0.2, 0.25) is 0 Å². The van der Waals surface area contributed by atoms with Crippen molar-refractivity contribution in [2.75, 3.05) is 13.1 Å². The highest BCUT2D eigenvalue weighted by Crippen LogP contribution is 2.26. The normalized spacial score (nSPS) is 17.2. The molecule has 0 radical (unpaired) electrons. The largest absolute Gasteiger partial charge is 0.337 e. The maximum atomic E-state index is 13.0. The quantitative estimate of drug-likeness (QED) is 0.771. The minimum absolute atomic E-state index is 0.138. The molecule has 1 aromatic carbocycles. The smallest absolute Gasteiger partial charge is 0.271 e. The summed E-state index contributed by atoms with van der Waals surface area (Å²) in [5.74, 6) is 1.12. The first-order valence-electron chi connectivity index (χ1n) is 9.35. The molecule has 4 rings (SSSR count). The summed E-state index contributed by atoms with van der Waals surface area (Å²) in [5.41, 5.74) is 0.797. The summed E-state index contributed by atoms with van der Waals surface area (Å²) >= 11 is 0. The third-order valence-electron chi connectivity index (χ3n) is 5.13. The van der Waals surface area contributed by atoms with Crippen molar-refractivity contribution in [2.24, 2.45) is 0 Å². The first kappa shape index (κ1) is 17.3. The molecule has 0 aliphatic carbocycles. The standard InChI is InChI=1S/C20H23N5O2/c1-2-23-12-10-21-19(23)15-7-6-11-24(14-15)20(27)17-13-18(26)25(22-17)16-8-4-3-5-9-16/h3-5,8-10,12-13,15,22H,2,6-7,11,14H2,1H3/t15-/m0/s1. The maximum Gasteiger partial charge on any atom is 0.271 e. The number of H-pyrrole nitrogens is 1. The lowest BCUT2D eigenvalue weighted by Crippen LogP contribution is -2.40. The summed E-state index contributed by atoms with van der Waals surface area (Å²) in [6, 6.07) is 10.6. The summed E-state index contributed by atoms with van der Waals surface area (Å²) in [4.78, 5) is 31.6. The molecule has 1 amide bonds. The molecule has 1 N–H and O–H groups in total. The van der Waals surface area contributed by atoms with Crippen molar-refractivity contribution >= 4 is 5.91 Å². The number of carbonyl (C=O) groups is 1. The molecule has 1 fully saturated rings. The van der Waals surface area contributed by atoms with E-state index >= 15 is 0 Å². The van der Waals surface area contributed by atoms with Crippen LogP contribution in [0.5, 0.6) is 0 Å². The van der Waals surface area contributed by atoms with Gasteiger partial charge in [-0.25, -0.2) is 9.67 Å². The van der Waals surface area contributed by atoms with Gasteiger partial charge in [0, 0.05) is 44.0 Å². The van der Waals surface area contributed by atoms with Gasteiger partial charge >= 0.3 is 0 Å². The lowest BCUT2D eigenvalue weighted by atomic mass is 9.97. The Balaban J connectivity index is 1.55. The van der Waals surface area contributed by atoms with E-state index < -0.39 is 0 Å². The number of carbonyl (C=O) groups excluding carboxylic acids is 1. The van der Waals surface area contributed by atoms with Crippen molar-refractivity contribution in [1.29, 1.82) is 0 Å². The minimum atomic E-state index is -0.236. The van der Waals surface area contributed by atoms with Crippen molar-refractivity contribution in [3.8, 4) is 5.69 Å². The Morgan fingerprint density at radius 1 is 1.30 bits per heavy atom. The lowest BCUT2D eigenvalue weighted by Gasteiger charge is -2.32. The van der Waals surface area contributed by atoms with Crippen molar-refractivity contribution < 1.29 is 4.79 Å². The number of piperidine rings is 1. The number of amides is 1. The van der Waals surface area contributed by atoms with E-state index in [9.17, 15) is 9.59 Å². The number of likely N-dealkylation sites (tertiary alicyclic amines) is 1. The molecule has 0 bridgehead atoms. The predicted molar refractivity (Wildman–Crippen MR) is 102 cm³/mol. The summed E-state index contributed by atoms with van der Waals surface area (Å²) in [6.45, 7) is 4.27. The monoisotopic (exact) mass is 365 g/mol. The van der Waals surface area contributed by atoms with Crippen LogP contribution in [0, 0.1) is 0 Å². The van der Waals surface area contributed by atoms with Gasteiger partial charge in [-0.2, -0.15) is 0 Å². The van der Waals surface area contributed by atoms with Crippen molar-refractivity contribution in [2.45, 2.75) is 32.2 Å². The number of hydrogen-bond donors (Lipinski definition) is 1. The molecular weight excluding hydrogens is 342 g/mol. The molecule has 3 aromatic rings. The maximum absolute atomic E-state index is 13.0. The highest BCUT2D eigenvalue weighted by atomic mass is 16.2. The molecule has 1 aliphatic heterocycles. The van der Waals surface area contributed by atoms with Crippen molar-refractivity contribution in [3.63, 3.8) is 0 Å². The van der Waals surface area contributed by atoms with Gasteiger partial charge < -0.3 is 9.47 Å². The lowest BCUT2D eigenvalue weighted by molar-refractivity contribution is 0.0697. The molecule has 7 heteroatoms. The molecule has 27 heavy (non-hydrogen) atoms. The predicted octanol–water partition coefficient (Wildman–Crippen LogP) is 2.40. The number of para-hydroxylation sites is 1. The highest BCUT2D eigenvalue weighted by Gasteiger charge is 2.28. The van der Waals surface area contributed by atoms with Gasteiger partial charge in [0.05, 0.1) is 5.69 Å². The topological polar surface area (TPSA) is 75.9 Å². The van der Waals surface area contributed by atoms with Crippen LogP contribution in [0.2, 0.25) is 0 Å². The molecule has 2 aromatic heterocycles. The van der Waals surface area contributed by atoms with Gasteiger partial charge in [-0.1, -0.05) is 18.2 Å². The Labute approximate surface area is 157 Å². The van der Waals surface area contributed by atoms with Crippen molar-refractivity contribution in [3.05, 3.63) is 70.7 Å². The zero-order valence-corrected chi connectivity index (χ0v) is 15.3. The van der Waals surface area contributed by atoms with Crippen LogP contribution in [0.4, 0.5) is 0 Å². The van der Waals surface area contributed by atoms with Gasteiger partial charge in [-0.3, -0.25) is 14.7 Å². The number of rotatable bonds is 4. The van der Waals surface area contributed by atoms with Crippen LogP contribution in [0.15, 0.2) is 53.6 Å². The Kier molecular flexibility index (Phi) is 4.66. The molecule has 0 saturated carbocycles. The number of benzene rings is 1. The van der Waals surface area contributed by atoms with E-state index in [1.54, 1.807) is 0 Å². The number of nitrogens with zero attached hydrogens (tertiary/aromatic N) is 4. The second-order valence-corrected chi connectivity index (χ2v) is 6.84. The second kappa shape index (κ2) is 7.26. The number of hydrogen-bond acceptors (Lipinski definition) is 3. The Morgan fingerprint density at radius 2 is 2.11 bits per heavy atom. The van der Waals surface area contributed by atoms with Crippen LogP contribution in [-0.2, 0) is 6.54 Å². The molecule has 1 aliphatic rings. The number of aromatic amines is 1. The van der Waals surface area contributed by atoms with Crippen LogP contribution in [0.3, 0.4) is 0 Å². The van der Waals surface area contributed by atoms with E-state index in [2.05, 4.69) is 21.6 Å². The molecule has 0 unspecified atom stereocenters. The fourth-order valence-corrected chi connectivity index (χ4v) is 3.76. The Hall–Kier alpha value is -3.09. The summed E-state index contributed by atoms with van der Waals surface area (Å²) in [7, 11) is 0. The van der Waals surface area contributed by atoms with Gasteiger partial charge in [-0.15, -0.1) is 0 Å². The molecule has 7 nitrogen and oxygen atoms in total. The van der Waals surface area contributed by atoms with E-state index in [-0.39, 0.29) is 17.4 Å². The summed E-state index contributed by atoms with van der Waals surface area (Å²) in [6.07, 6.45) is 5.74. The van der Waals surface area contributed by atoms with Crippen LogP contribution in [0.1, 0.15) is 42.0 Å². The molecule has 1 saturated heterocycles.